The summed E-state index contributed by atoms with van der Waals surface area (Å²) in [5, 5.41) is 0. The maximum Gasteiger partial charge on any atom is 0.416 e. The summed E-state index contributed by atoms with van der Waals surface area (Å²) in [6.45, 7) is 0.501. The van der Waals surface area contributed by atoms with Gasteiger partial charge in [0.25, 0.3) is 0 Å². The Morgan fingerprint density at radius 2 is 1.58 bits per heavy atom. The maximum atomic E-state index is 13.2. The summed E-state index contributed by atoms with van der Waals surface area (Å²) in [6, 6.07) is 10.8. The van der Waals surface area contributed by atoms with Crippen LogP contribution in [-0.4, -0.2) is 19.0 Å². The van der Waals surface area contributed by atoms with Crippen molar-refractivity contribution < 1.29 is 13.2 Å². The van der Waals surface area contributed by atoms with Gasteiger partial charge in [-0.15, -0.1) is 0 Å². The Bertz CT molecular complexity index is 732. The molecule has 0 aromatic heterocycles. The highest BCUT2D eigenvalue weighted by Crippen LogP contribution is 2.32. The number of halogens is 3. The first-order chi connectivity index (χ1) is 11.3. The van der Waals surface area contributed by atoms with Crippen molar-refractivity contribution in [3.05, 3.63) is 69.8 Å². The zero-order valence-electron chi connectivity index (χ0n) is 14.1. The number of hydrogen-bond donors (Lipinski definition) is 0. The molecule has 0 spiro atoms. The first kappa shape index (κ1) is 17.0. The van der Waals surface area contributed by atoms with E-state index in [0.29, 0.717) is 18.5 Å². The number of aryl methyl sites for hydroxylation is 2. The molecule has 0 atom stereocenters. The van der Waals surface area contributed by atoms with Crippen molar-refractivity contribution in [3.63, 3.8) is 0 Å². The van der Waals surface area contributed by atoms with Gasteiger partial charge < -0.3 is 4.90 Å². The molecule has 0 bridgehead atoms. The van der Waals surface area contributed by atoms with E-state index in [1.54, 1.807) is 0 Å². The minimum atomic E-state index is -4.31. The number of benzene rings is 2. The summed E-state index contributed by atoms with van der Waals surface area (Å²) in [4.78, 5) is 1.88. The predicted molar refractivity (Wildman–Crippen MR) is 90.1 cm³/mol. The third kappa shape index (κ3) is 3.99. The van der Waals surface area contributed by atoms with Gasteiger partial charge in [0.05, 0.1) is 5.56 Å². The van der Waals surface area contributed by atoms with Crippen LogP contribution >= 0.6 is 0 Å². The van der Waals surface area contributed by atoms with Crippen LogP contribution in [0.1, 0.15) is 39.8 Å². The van der Waals surface area contributed by atoms with Crippen LogP contribution in [0.15, 0.2) is 36.4 Å². The molecule has 0 heterocycles. The van der Waals surface area contributed by atoms with Crippen molar-refractivity contribution in [2.24, 2.45) is 0 Å². The van der Waals surface area contributed by atoms with Crippen LogP contribution in [0, 0.1) is 0 Å². The molecule has 0 unspecified atom stereocenters. The number of rotatable bonds is 4. The minimum Gasteiger partial charge on any atom is -0.305 e. The predicted octanol–water partition coefficient (Wildman–Crippen LogP) is 4.85. The SMILES string of the molecule is CN(C)Cc1cc(Cc2ccc3c(c2)CCC3)cc(C(F)(F)F)c1. The lowest BCUT2D eigenvalue weighted by atomic mass is 9.97. The molecule has 1 aliphatic rings. The van der Waals surface area contributed by atoms with Crippen molar-refractivity contribution in [2.75, 3.05) is 14.1 Å². The Labute approximate surface area is 141 Å². The first-order valence-electron chi connectivity index (χ1n) is 8.27. The minimum absolute atomic E-state index is 0.501. The lowest BCUT2D eigenvalue weighted by Gasteiger charge is -2.15. The van der Waals surface area contributed by atoms with Crippen LogP contribution in [-0.2, 0) is 32.0 Å². The van der Waals surface area contributed by atoms with E-state index in [0.717, 1.165) is 24.0 Å². The third-order valence-corrected chi connectivity index (χ3v) is 4.45. The Morgan fingerprint density at radius 3 is 2.29 bits per heavy atom. The Morgan fingerprint density at radius 1 is 0.875 bits per heavy atom. The van der Waals surface area contributed by atoms with E-state index in [1.807, 2.05) is 25.1 Å². The molecule has 2 aromatic carbocycles. The van der Waals surface area contributed by atoms with Gasteiger partial charge in [0.15, 0.2) is 0 Å². The van der Waals surface area contributed by atoms with Crippen LogP contribution in [0.3, 0.4) is 0 Å². The molecule has 3 rings (SSSR count). The number of alkyl halides is 3. The summed E-state index contributed by atoms with van der Waals surface area (Å²) in [5.41, 5.74) is 4.69. The van der Waals surface area contributed by atoms with Crippen molar-refractivity contribution in [2.45, 2.75) is 38.4 Å². The van der Waals surface area contributed by atoms with Gasteiger partial charge in [-0.05, 0) is 79.7 Å². The van der Waals surface area contributed by atoms with Crippen molar-refractivity contribution in [3.8, 4) is 0 Å². The van der Waals surface area contributed by atoms with E-state index in [-0.39, 0.29) is 0 Å². The summed E-state index contributed by atoms with van der Waals surface area (Å²) in [6.07, 6.45) is -0.397. The van der Waals surface area contributed by atoms with Gasteiger partial charge in [0.1, 0.15) is 0 Å². The normalized spacial score (nSPS) is 14.2. The molecule has 0 radical (unpaired) electrons. The summed E-state index contributed by atoms with van der Waals surface area (Å²) < 4.78 is 39.6. The van der Waals surface area contributed by atoms with Crippen LogP contribution in [0.2, 0.25) is 0 Å². The molecule has 0 aliphatic heterocycles. The molecule has 0 saturated carbocycles. The quantitative estimate of drug-likeness (QED) is 0.773. The molecule has 0 saturated heterocycles. The molecule has 0 amide bonds. The molecule has 2 aromatic rings. The van der Waals surface area contributed by atoms with E-state index in [4.69, 9.17) is 0 Å². The fraction of sp³-hybridized carbons (Fsp3) is 0.400. The van der Waals surface area contributed by atoms with E-state index >= 15 is 0 Å². The number of hydrogen-bond acceptors (Lipinski definition) is 1. The van der Waals surface area contributed by atoms with Crippen LogP contribution < -0.4 is 0 Å². The summed E-state index contributed by atoms with van der Waals surface area (Å²) in [5.74, 6) is 0. The smallest absolute Gasteiger partial charge is 0.305 e. The highest BCUT2D eigenvalue weighted by atomic mass is 19.4. The van der Waals surface area contributed by atoms with Gasteiger partial charge in [-0.1, -0.05) is 24.3 Å². The van der Waals surface area contributed by atoms with E-state index in [2.05, 4.69) is 18.2 Å². The van der Waals surface area contributed by atoms with Gasteiger partial charge in [-0.2, -0.15) is 13.2 Å². The van der Waals surface area contributed by atoms with Gasteiger partial charge in [-0.3, -0.25) is 0 Å². The topological polar surface area (TPSA) is 3.24 Å². The van der Waals surface area contributed by atoms with Crippen molar-refractivity contribution >= 4 is 0 Å². The highest BCUT2D eigenvalue weighted by molar-refractivity contribution is 5.39. The second kappa shape index (κ2) is 6.60. The molecular formula is C20H22F3N. The Hall–Kier alpha value is -1.81. The number of fused-ring (bicyclic) bond motifs is 1. The third-order valence-electron chi connectivity index (χ3n) is 4.45. The Balaban J connectivity index is 1.91. The van der Waals surface area contributed by atoms with Gasteiger partial charge in [-0.25, -0.2) is 0 Å². The second-order valence-corrected chi connectivity index (χ2v) is 6.91. The molecule has 1 aliphatic carbocycles. The molecule has 1 nitrogen and oxygen atoms in total. The average molecular weight is 333 g/mol. The summed E-state index contributed by atoms with van der Waals surface area (Å²) >= 11 is 0. The molecule has 0 N–H and O–H groups in total. The van der Waals surface area contributed by atoms with Crippen LogP contribution in [0.4, 0.5) is 13.2 Å². The summed E-state index contributed by atoms with van der Waals surface area (Å²) in [7, 11) is 3.72. The van der Waals surface area contributed by atoms with E-state index in [1.165, 1.54) is 29.7 Å². The monoisotopic (exact) mass is 333 g/mol. The molecular weight excluding hydrogens is 311 g/mol. The van der Waals surface area contributed by atoms with Crippen LogP contribution in [0.5, 0.6) is 0 Å². The molecule has 0 fully saturated rings. The standard InChI is InChI=1S/C20H22F3N/c1-24(2)13-16-9-15(11-19(12-16)20(21,22)23)8-14-6-7-17-4-3-5-18(17)10-14/h6-7,9-12H,3-5,8,13H2,1-2H3. The molecule has 4 heteroatoms. The maximum absolute atomic E-state index is 13.2. The average Bonchev–Trinajstić information content (AvgIpc) is 2.93. The zero-order chi connectivity index (χ0) is 17.3. The zero-order valence-corrected chi connectivity index (χ0v) is 14.1. The van der Waals surface area contributed by atoms with Crippen LogP contribution in [0.25, 0.3) is 0 Å². The lowest BCUT2D eigenvalue weighted by molar-refractivity contribution is -0.137. The fourth-order valence-corrected chi connectivity index (χ4v) is 3.46. The van der Waals surface area contributed by atoms with Gasteiger partial charge in [0.2, 0.25) is 0 Å². The van der Waals surface area contributed by atoms with Gasteiger partial charge in [0, 0.05) is 6.54 Å². The van der Waals surface area contributed by atoms with Gasteiger partial charge >= 0.3 is 6.18 Å². The first-order valence-corrected chi connectivity index (χ1v) is 8.27. The van der Waals surface area contributed by atoms with E-state index < -0.39 is 11.7 Å². The Kier molecular flexibility index (Phi) is 4.68. The number of nitrogens with zero attached hydrogens (tertiary/aromatic N) is 1. The second-order valence-electron chi connectivity index (χ2n) is 6.91. The van der Waals surface area contributed by atoms with E-state index in [9.17, 15) is 13.2 Å². The largest absolute Gasteiger partial charge is 0.416 e. The molecule has 128 valence electrons. The molecule has 24 heavy (non-hydrogen) atoms. The van der Waals surface area contributed by atoms with Crippen molar-refractivity contribution in [1.29, 1.82) is 0 Å². The van der Waals surface area contributed by atoms with Crippen molar-refractivity contribution in [1.82, 2.24) is 4.90 Å². The highest BCUT2D eigenvalue weighted by Gasteiger charge is 2.31. The fourth-order valence-electron chi connectivity index (χ4n) is 3.46. The lowest BCUT2D eigenvalue weighted by Crippen LogP contribution is -2.13.